The molecule has 1 aliphatic rings. The van der Waals surface area contributed by atoms with Crippen LogP contribution in [0.5, 0.6) is 17.2 Å². The maximum absolute atomic E-state index is 13.8. The number of non-ortho nitro benzene ring substituents is 1. The van der Waals surface area contributed by atoms with Crippen LogP contribution in [-0.4, -0.2) is 48.5 Å². The minimum atomic E-state index is -0.535. The quantitative estimate of drug-likeness (QED) is 0.285. The van der Waals surface area contributed by atoms with E-state index in [1.807, 2.05) is 20.2 Å². The molecule has 1 aliphatic carbocycles. The standard InChI is InChI=1S/C29H32FN3O5/c1-32(2)29(19-20-5-4-6-21(30)17-20)15-13-22(14-16-29)31-28(34)26-18-23(33(35)36)7-12-27(26)38-25-10-8-24(37-3)9-11-25/h4-12,17-18,22H,13-16,19H2,1-3H3,(H,31,34). The van der Waals surface area contributed by atoms with Gasteiger partial charge in [0.2, 0.25) is 0 Å². The van der Waals surface area contributed by atoms with Crippen LogP contribution in [0.15, 0.2) is 66.7 Å². The van der Waals surface area contributed by atoms with Gasteiger partial charge in [0.1, 0.15) is 23.1 Å². The summed E-state index contributed by atoms with van der Waals surface area (Å²) in [6, 6.07) is 17.4. The summed E-state index contributed by atoms with van der Waals surface area (Å²) < 4.78 is 24.9. The molecule has 0 spiro atoms. The van der Waals surface area contributed by atoms with Crippen molar-refractivity contribution in [3.63, 3.8) is 0 Å². The molecule has 0 atom stereocenters. The lowest BCUT2D eigenvalue weighted by atomic mass is 9.74. The molecule has 1 saturated carbocycles. The first kappa shape index (κ1) is 27.1. The minimum Gasteiger partial charge on any atom is -0.497 e. The highest BCUT2D eigenvalue weighted by Gasteiger charge is 2.38. The Hall–Kier alpha value is -3.98. The van der Waals surface area contributed by atoms with E-state index in [9.17, 15) is 19.3 Å². The molecule has 4 rings (SSSR count). The zero-order chi connectivity index (χ0) is 27.3. The van der Waals surface area contributed by atoms with Crippen molar-refractivity contribution in [1.29, 1.82) is 0 Å². The van der Waals surface area contributed by atoms with E-state index in [1.165, 1.54) is 24.3 Å². The first-order valence-electron chi connectivity index (χ1n) is 12.5. The smallest absolute Gasteiger partial charge is 0.270 e. The van der Waals surface area contributed by atoms with Crippen LogP contribution in [0.25, 0.3) is 0 Å². The predicted octanol–water partition coefficient (Wildman–Crippen LogP) is 5.75. The molecule has 0 radical (unpaired) electrons. The topological polar surface area (TPSA) is 93.9 Å². The normalized spacial score (nSPS) is 19.1. The van der Waals surface area contributed by atoms with Crippen molar-refractivity contribution in [1.82, 2.24) is 10.2 Å². The summed E-state index contributed by atoms with van der Waals surface area (Å²) in [4.78, 5) is 26.4. The highest BCUT2D eigenvalue weighted by molar-refractivity contribution is 5.98. The van der Waals surface area contributed by atoms with Crippen LogP contribution in [0.2, 0.25) is 0 Å². The number of hydrogen-bond donors (Lipinski definition) is 1. The zero-order valence-electron chi connectivity index (χ0n) is 21.8. The van der Waals surface area contributed by atoms with Crippen molar-refractivity contribution in [3.8, 4) is 17.2 Å². The van der Waals surface area contributed by atoms with Gasteiger partial charge in [0, 0.05) is 23.7 Å². The van der Waals surface area contributed by atoms with Crippen molar-refractivity contribution in [3.05, 3.63) is 93.8 Å². The van der Waals surface area contributed by atoms with Gasteiger partial charge in [-0.25, -0.2) is 4.39 Å². The second kappa shape index (κ2) is 11.6. The van der Waals surface area contributed by atoms with E-state index in [1.54, 1.807) is 43.5 Å². The number of nitro groups is 1. The van der Waals surface area contributed by atoms with Gasteiger partial charge in [-0.2, -0.15) is 0 Å². The largest absolute Gasteiger partial charge is 0.497 e. The molecule has 1 N–H and O–H groups in total. The van der Waals surface area contributed by atoms with Gasteiger partial charge in [0.05, 0.1) is 17.6 Å². The predicted molar refractivity (Wildman–Crippen MR) is 142 cm³/mol. The van der Waals surface area contributed by atoms with Crippen molar-refractivity contribution in [2.24, 2.45) is 0 Å². The fourth-order valence-electron chi connectivity index (χ4n) is 5.04. The summed E-state index contributed by atoms with van der Waals surface area (Å²) in [6.45, 7) is 0. The number of rotatable bonds is 9. The van der Waals surface area contributed by atoms with Gasteiger partial charge in [-0.15, -0.1) is 0 Å². The van der Waals surface area contributed by atoms with Crippen molar-refractivity contribution in [2.45, 2.75) is 43.7 Å². The molecule has 1 amide bonds. The molecule has 200 valence electrons. The Kier molecular flexibility index (Phi) is 8.26. The monoisotopic (exact) mass is 521 g/mol. The van der Waals surface area contributed by atoms with Gasteiger partial charge < -0.3 is 19.7 Å². The van der Waals surface area contributed by atoms with Gasteiger partial charge in [0.25, 0.3) is 11.6 Å². The van der Waals surface area contributed by atoms with Crippen molar-refractivity contribution in [2.75, 3.05) is 21.2 Å². The number of benzene rings is 3. The number of halogens is 1. The Labute approximate surface area is 221 Å². The number of carbonyl (C=O) groups excluding carboxylic acids is 1. The van der Waals surface area contributed by atoms with Crippen LogP contribution < -0.4 is 14.8 Å². The van der Waals surface area contributed by atoms with E-state index in [0.717, 1.165) is 31.2 Å². The molecule has 38 heavy (non-hydrogen) atoms. The van der Waals surface area contributed by atoms with Gasteiger partial charge in [0.15, 0.2) is 0 Å². The highest BCUT2D eigenvalue weighted by atomic mass is 19.1. The highest BCUT2D eigenvalue weighted by Crippen LogP contribution is 2.36. The molecule has 0 bridgehead atoms. The lowest BCUT2D eigenvalue weighted by Crippen LogP contribution is -2.52. The average molecular weight is 522 g/mol. The summed E-state index contributed by atoms with van der Waals surface area (Å²) in [5, 5.41) is 14.5. The maximum Gasteiger partial charge on any atom is 0.270 e. The molecule has 0 aliphatic heterocycles. The number of hydrogen-bond acceptors (Lipinski definition) is 6. The van der Waals surface area contributed by atoms with Crippen LogP contribution in [0.3, 0.4) is 0 Å². The SMILES string of the molecule is COc1ccc(Oc2ccc([N+](=O)[O-])cc2C(=O)NC2CCC(Cc3cccc(F)c3)(N(C)C)CC2)cc1. The summed E-state index contributed by atoms with van der Waals surface area (Å²) >= 11 is 0. The minimum absolute atomic E-state index is 0.0965. The Balaban J connectivity index is 1.48. The molecule has 0 saturated heterocycles. The maximum atomic E-state index is 13.8. The zero-order valence-corrected chi connectivity index (χ0v) is 21.8. The number of likely N-dealkylation sites (N-methyl/N-ethyl adjacent to an activating group) is 1. The van der Waals surface area contributed by atoms with E-state index >= 15 is 0 Å². The van der Waals surface area contributed by atoms with E-state index in [2.05, 4.69) is 10.2 Å². The number of nitrogens with one attached hydrogen (secondary N) is 1. The van der Waals surface area contributed by atoms with Crippen LogP contribution >= 0.6 is 0 Å². The van der Waals surface area contributed by atoms with Gasteiger partial charge in [-0.3, -0.25) is 14.9 Å². The van der Waals surface area contributed by atoms with Gasteiger partial charge in [-0.1, -0.05) is 12.1 Å². The molecule has 8 nitrogen and oxygen atoms in total. The number of nitro benzene ring substituents is 1. The third kappa shape index (κ3) is 6.28. The van der Waals surface area contributed by atoms with Crippen molar-refractivity contribution < 1.29 is 23.6 Å². The molecule has 1 fully saturated rings. The molecule has 9 heteroatoms. The second-order valence-corrected chi connectivity index (χ2v) is 9.89. The lowest BCUT2D eigenvalue weighted by molar-refractivity contribution is -0.384. The van der Waals surface area contributed by atoms with Crippen LogP contribution in [-0.2, 0) is 6.42 Å². The fourth-order valence-corrected chi connectivity index (χ4v) is 5.04. The van der Waals surface area contributed by atoms with Gasteiger partial charge in [-0.05, 0) is 94.2 Å². The number of nitrogens with zero attached hydrogens (tertiary/aromatic N) is 2. The van der Waals surface area contributed by atoms with E-state index in [-0.39, 0.29) is 34.4 Å². The van der Waals surface area contributed by atoms with E-state index in [4.69, 9.17) is 9.47 Å². The fraction of sp³-hybridized carbons (Fsp3) is 0.345. The molecule has 0 unspecified atom stereocenters. The summed E-state index contributed by atoms with van der Waals surface area (Å²) in [5.74, 6) is 0.677. The molecular formula is C29H32FN3O5. The van der Waals surface area contributed by atoms with E-state index < -0.39 is 10.8 Å². The van der Waals surface area contributed by atoms with Crippen molar-refractivity contribution >= 4 is 11.6 Å². The summed E-state index contributed by atoms with van der Waals surface area (Å²) in [7, 11) is 5.62. The van der Waals surface area contributed by atoms with E-state index in [0.29, 0.717) is 17.9 Å². The molecular weight excluding hydrogens is 489 g/mol. The number of ether oxygens (including phenoxy) is 2. The first-order valence-corrected chi connectivity index (χ1v) is 12.5. The van der Waals surface area contributed by atoms with Crippen LogP contribution in [0, 0.1) is 15.9 Å². The third-order valence-electron chi connectivity index (χ3n) is 7.33. The molecule has 0 heterocycles. The number of carbonyl (C=O) groups is 1. The molecule has 3 aromatic carbocycles. The Morgan fingerprint density at radius 3 is 2.37 bits per heavy atom. The molecule has 0 aromatic heterocycles. The summed E-state index contributed by atoms with van der Waals surface area (Å²) in [5.41, 5.74) is 0.698. The average Bonchev–Trinajstić information content (AvgIpc) is 2.90. The Bertz CT molecular complexity index is 1290. The Morgan fingerprint density at radius 2 is 1.76 bits per heavy atom. The second-order valence-electron chi connectivity index (χ2n) is 9.89. The summed E-state index contributed by atoms with van der Waals surface area (Å²) in [6.07, 6.45) is 3.78. The third-order valence-corrected chi connectivity index (χ3v) is 7.33. The lowest BCUT2D eigenvalue weighted by Gasteiger charge is -2.45. The van der Waals surface area contributed by atoms with Gasteiger partial charge >= 0.3 is 0 Å². The van der Waals surface area contributed by atoms with Crippen LogP contribution in [0.4, 0.5) is 10.1 Å². The number of methoxy groups -OCH3 is 1. The number of amides is 1. The Morgan fingerprint density at radius 1 is 1.08 bits per heavy atom. The van der Waals surface area contributed by atoms with Crippen LogP contribution in [0.1, 0.15) is 41.6 Å². The molecule has 3 aromatic rings. The first-order chi connectivity index (χ1) is 18.2.